The molecule has 2 aromatic rings. The van der Waals surface area contributed by atoms with E-state index >= 15 is 0 Å². The Labute approximate surface area is 191 Å². The van der Waals surface area contributed by atoms with Gasteiger partial charge in [-0.2, -0.15) is 0 Å². The molecule has 1 N–H and O–H groups in total. The molecule has 0 aliphatic carbocycles. The fourth-order valence-electron chi connectivity index (χ4n) is 3.67. The van der Waals surface area contributed by atoms with Gasteiger partial charge in [-0.15, -0.1) is 0 Å². The van der Waals surface area contributed by atoms with Gasteiger partial charge < -0.3 is 10.1 Å². The zero-order valence-corrected chi connectivity index (χ0v) is 19.9. The van der Waals surface area contributed by atoms with Crippen LogP contribution in [0.3, 0.4) is 0 Å². The standard InChI is InChI=1S/C24H33N3O4S/c1-19(2)22-7-9-23(10-8-22)27(32(3,29)30)18-24(28)25-16-20-5-4-6-21(15-20)17-26-11-13-31-14-12-26/h4-10,15,19H,11-14,16-18H2,1-3H3,(H,25,28). The van der Waals surface area contributed by atoms with Crippen LogP contribution in [0.1, 0.15) is 36.5 Å². The summed E-state index contributed by atoms with van der Waals surface area (Å²) in [6, 6.07) is 15.4. The Morgan fingerprint density at radius 3 is 2.38 bits per heavy atom. The number of nitrogens with one attached hydrogen (secondary N) is 1. The van der Waals surface area contributed by atoms with Crippen molar-refractivity contribution in [3.05, 3.63) is 65.2 Å². The third kappa shape index (κ3) is 7.05. The van der Waals surface area contributed by atoms with Crippen LogP contribution < -0.4 is 9.62 Å². The molecule has 1 fully saturated rings. The van der Waals surface area contributed by atoms with Gasteiger partial charge in [-0.1, -0.05) is 50.2 Å². The maximum Gasteiger partial charge on any atom is 0.241 e. The van der Waals surface area contributed by atoms with Gasteiger partial charge in [-0.25, -0.2) is 8.42 Å². The van der Waals surface area contributed by atoms with Crippen molar-refractivity contribution in [1.29, 1.82) is 0 Å². The van der Waals surface area contributed by atoms with E-state index in [1.54, 1.807) is 12.1 Å². The fourth-order valence-corrected chi connectivity index (χ4v) is 4.52. The first-order valence-corrected chi connectivity index (χ1v) is 12.8. The van der Waals surface area contributed by atoms with Gasteiger partial charge in [-0.05, 0) is 34.7 Å². The number of hydrogen-bond acceptors (Lipinski definition) is 5. The number of anilines is 1. The van der Waals surface area contributed by atoms with Crippen LogP contribution in [0.15, 0.2) is 48.5 Å². The minimum atomic E-state index is -3.60. The highest BCUT2D eigenvalue weighted by Gasteiger charge is 2.21. The number of benzene rings is 2. The predicted octanol–water partition coefficient (Wildman–Crippen LogP) is 2.72. The lowest BCUT2D eigenvalue weighted by molar-refractivity contribution is -0.119. The second kappa shape index (κ2) is 10.9. The number of rotatable bonds is 9. The Morgan fingerprint density at radius 2 is 1.75 bits per heavy atom. The van der Waals surface area contributed by atoms with Gasteiger partial charge >= 0.3 is 0 Å². The molecule has 0 radical (unpaired) electrons. The summed E-state index contributed by atoms with van der Waals surface area (Å²) in [6.07, 6.45) is 1.12. The lowest BCUT2D eigenvalue weighted by Crippen LogP contribution is -2.40. The zero-order chi connectivity index (χ0) is 23.1. The normalized spacial score (nSPS) is 15.0. The van der Waals surface area contributed by atoms with E-state index in [1.807, 2.05) is 24.3 Å². The summed E-state index contributed by atoms with van der Waals surface area (Å²) >= 11 is 0. The number of nitrogens with zero attached hydrogens (tertiary/aromatic N) is 2. The first-order valence-electron chi connectivity index (χ1n) is 10.9. The Hall–Kier alpha value is -2.42. The van der Waals surface area contributed by atoms with Crippen LogP contribution in [-0.2, 0) is 32.6 Å². The largest absolute Gasteiger partial charge is 0.379 e. The van der Waals surface area contributed by atoms with E-state index in [-0.39, 0.29) is 12.5 Å². The Balaban J connectivity index is 1.60. The molecule has 2 aromatic carbocycles. The van der Waals surface area contributed by atoms with Gasteiger partial charge in [0.15, 0.2) is 0 Å². The molecular weight excluding hydrogens is 426 g/mol. The minimum Gasteiger partial charge on any atom is -0.379 e. The van der Waals surface area contributed by atoms with Gasteiger partial charge in [0.25, 0.3) is 0 Å². The molecule has 1 aliphatic rings. The van der Waals surface area contributed by atoms with Gasteiger partial charge in [0.05, 0.1) is 25.2 Å². The van der Waals surface area contributed by atoms with Gasteiger partial charge in [0.2, 0.25) is 15.9 Å². The second-order valence-electron chi connectivity index (χ2n) is 8.50. The van der Waals surface area contributed by atoms with Crippen LogP contribution in [-0.4, -0.2) is 58.3 Å². The summed E-state index contributed by atoms with van der Waals surface area (Å²) in [6.45, 7) is 8.44. The van der Waals surface area contributed by atoms with Crippen LogP contribution in [0.2, 0.25) is 0 Å². The molecule has 1 heterocycles. The predicted molar refractivity (Wildman–Crippen MR) is 127 cm³/mol. The van der Waals surface area contributed by atoms with E-state index in [9.17, 15) is 13.2 Å². The summed E-state index contributed by atoms with van der Waals surface area (Å²) in [7, 11) is -3.60. The first-order chi connectivity index (χ1) is 15.2. The van der Waals surface area contributed by atoms with Crippen molar-refractivity contribution in [2.24, 2.45) is 0 Å². The summed E-state index contributed by atoms with van der Waals surface area (Å²) in [4.78, 5) is 14.9. The van der Waals surface area contributed by atoms with E-state index in [0.29, 0.717) is 18.2 Å². The lowest BCUT2D eigenvalue weighted by Gasteiger charge is -2.26. The van der Waals surface area contributed by atoms with Crippen LogP contribution in [0.25, 0.3) is 0 Å². The molecule has 1 aliphatic heterocycles. The Kier molecular flexibility index (Phi) is 8.28. The van der Waals surface area contributed by atoms with Crippen molar-refractivity contribution in [3.8, 4) is 0 Å². The van der Waals surface area contributed by atoms with Crippen LogP contribution in [0.4, 0.5) is 5.69 Å². The molecule has 1 saturated heterocycles. The van der Waals surface area contributed by atoms with Crippen LogP contribution >= 0.6 is 0 Å². The number of amides is 1. The summed E-state index contributed by atoms with van der Waals surface area (Å²) in [5.74, 6) is -0.0000131. The highest BCUT2D eigenvalue weighted by molar-refractivity contribution is 7.92. The SMILES string of the molecule is CC(C)c1ccc(N(CC(=O)NCc2cccc(CN3CCOCC3)c2)S(C)(=O)=O)cc1. The van der Waals surface area contributed by atoms with Crippen molar-refractivity contribution in [2.75, 3.05) is 43.4 Å². The number of morpholine rings is 1. The second-order valence-corrected chi connectivity index (χ2v) is 10.4. The number of carbonyl (C=O) groups is 1. The van der Waals surface area contributed by atoms with Gasteiger partial charge in [0.1, 0.15) is 6.54 Å². The maximum atomic E-state index is 12.6. The molecule has 1 amide bonds. The number of carbonyl (C=O) groups excluding carboxylic acids is 1. The van der Waals surface area contributed by atoms with Gasteiger partial charge in [-0.3, -0.25) is 14.0 Å². The molecule has 0 bridgehead atoms. The fraction of sp³-hybridized carbons (Fsp3) is 0.458. The average molecular weight is 460 g/mol. The smallest absolute Gasteiger partial charge is 0.241 e. The van der Waals surface area contributed by atoms with E-state index in [4.69, 9.17) is 4.74 Å². The highest BCUT2D eigenvalue weighted by atomic mass is 32.2. The van der Waals surface area contributed by atoms with Crippen molar-refractivity contribution < 1.29 is 17.9 Å². The van der Waals surface area contributed by atoms with E-state index in [2.05, 4.69) is 36.2 Å². The molecule has 0 saturated carbocycles. The zero-order valence-electron chi connectivity index (χ0n) is 19.1. The van der Waals surface area contributed by atoms with E-state index in [0.717, 1.165) is 54.5 Å². The van der Waals surface area contributed by atoms with Crippen LogP contribution in [0, 0.1) is 0 Å². The number of hydrogen-bond donors (Lipinski definition) is 1. The quantitative estimate of drug-likeness (QED) is 0.624. The molecule has 0 aromatic heterocycles. The number of sulfonamides is 1. The molecule has 32 heavy (non-hydrogen) atoms. The van der Waals surface area contributed by atoms with E-state index < -0.39 is 10.0 Å². The molecule has 0 unspecified atom stereocenters. The Morgan fingerprint density at radius 1 is 1.09 bits per heavy atom. The van der Waals surface area contributed by atoms with Crippen molar-refractivity contribution in [2.45, 2.75) is 32.9 Å². The Bertz CT molecular complexity index is 1000. The summed E-state index contributed by atoms with van der Waals surface area (Å²) in [5.41, 5.74) is 3.76. The maximum absolute atomic E-state index is 12.6. The first kappa shape index (κ1) is 24.2. The van der Waals surface area contributed by atoms with Crippen molar-refractivity contribution in [1.82, 2.24) is 10.2 Å². The lowest BCUT2D eigenvalue weighted by atomic mass is 10.0. The minimum absolute atomic E-state index is 0.257. The van der Waals surface area contributed by atoms with Crippen molar-refractivity contribution in [3.63, 3.8) is 0 Å². The van der Waals surface area contributed by atoms with E-state index in [1.165, 1.54) is 5.56 Å². The molecular formula is C24H33N3O4S. The topological polar surface area (TPSA) is 79.0 Å². The van der Waals surface area contributed by atoms with Gasteiger partial charge in [0, 0.05) is 26.2 Å². The monoisotopic (exact) mass is 459 g/mol. The molecule has 174 valence electrons. The summed E-state index contributed by atoms with van der Waals surface area (Å²) in [5, 5.41) is 2.85. The molecule has 8 heteroatoms. The summed E-state index contributed by atoms with van der Waals surface area (Å²) < 4.78 is 31.2. The average Bonchev–Trinajstić information content (AvgIpc) is 2.76. The third-order valence-corrected chi connectivity index (χ3v) is 6.67. The highest BCUT2D eigenvalue weighted by Crippen LogP contribution is 2.22. The molecule has 7 nitrogen and oxygen atoms in total. The van der Waals surface area contributed by atoms with Crippen LogP contribution in [0.5, 0.6) is 0 Å². The number of ether oxygens (including phenoxy) is 1. The molecule has 0 spiro atoms. The molecule has 0 atom stereocenters. The molecule has 3 rings (SSSR count). The van der Waals surface area contributed by atoms with Crippen molar-refractivity contribution >= 4 is 21.6 Å². The third-order valence-electron chi connectivity index (χ3n) is 5.53.